The third kappa shape index (κ3) is 1.36. The van der Waals surface area contributed by atoms with Crippen LogP contribution in [-0.4, -0.2) is 20.2 Å². The Morgan fingerprint density at radius 1 is 1.33 bits per heavy atom. The van der Waals surface area contributed by atoms with Gasteiger partial charge in [-0.1, -0.05) is 0 Å². The summed E-state index contributed by atoms with van der Waals surface area (Å²) < 4.78 is 0. The molecule has 1 heterocycles. The van der Waals surface area contributed by atoms with Crippen molar-refractivity contribution in [2.24, 2.45) is 0 Å². The van der Waals surface area contributed by atoms with Gasteiger partial charge in [0.15, 0.2) is 0 Å². The van der Waals surface area contributed by atoms with E-state index in [4.69, 9.17) is 10.2 Å². The zero-order valence-corrected chi connectivity index (χ0v) is 4.65. The van der Waals surface area contributed by atoms with Crippen LogP contribution >= 0.6 is 0 Å². The van der Waals surface area contributed by atoms with Gasteiger partial charge in [0.2, 0.25) is 5.88 Å². The number of aromatic nitrogens is 2. The molecule has 4 heteroatoms. The molecule has 0 amide bonds. The average Bonchev–Trinajstić information content (AvgIpc) is 1.90. The Hall–Kier alpha value is -1.16. The Bertz CT molecular complexity index is 185. The van der Waals surface area contributed by atoms with E-state index in [2.05, 4.69) is 9.97 Å². The predicted octanol–water partition coefficient (Wildman–Crippen LogP) is -0.326. The number of nitrogens with zero attached hydrogens (tertiary/aromatic N) is 2. The molecular weight excluding hydrogens is 120 g/mol. The quantitative estimate of drug-likeness (QED) is 0.541. The minimum absolute atomic E-state index is 0.132. The second kappa shape index (κ2) is 2.41. The molecule has 0 aliphatic rings. The number of aliphatic hydroxyl groups excluding tert-OH is 1. The molecule has 0 spiro atoms. The van der Waals surface area contributed by atoms with E-state index in [0.29, 0.717) is 5.69 Å². The van der Waals surface area contributed by atoms with E-state index in [1.54, 1.807) is 0 Å². The van der Waals surface area contributed by atoms with Gasteiger partial charge in [-0.3, -0.25) is 4.98 Å². The van der Waals surface area contributed by atoms with Crippen molar-refractivity contribution in [3.63, 3.8) is 0 Å². The first-order valence-electron chi connectivity index (χ1n) is 2.43. The van der Waals surface area contributed by atoms with Crippen LogP contribution in [0.15, 0.2) is 12.4 Å². The van der Waals surface area contributed by atoms with Crippen LogP contribution in [-0.2, 0) is 6.61 Å². The molecule has 0 aliphatic carbocycles. The van der Waals surface area contributed by atoms with Gasteiger partial charge in [-0.15, -0.1) is 0 Å². The van der Waals surface area contributed by atoms with Gasteiger partial charge in [0.05, 0.1) is 24.7 Å². The summed E-state index contributed by atoms with van der Waals surface area (Å²) in [6.07, 6.45) is 2.50. The molecule has 0 aliphatic heterocycles. The molecule has 1 aromatic heterocycles. The van der Waals surface area contributed by atoms with E-state index in [1.165, 1.54) is 12.4 Å². The zero-order valence-electron chi connectivity index (χ0n) is 4.65. The van der Waals surface area contributed by atoms with Crippen molar-refractivity contribution in [1.29, 1.82) is 0 Å². The zero-order chi connectivity index (χ0) is 6.69. The third-order valence-corrected chi connectivity index (χ3v) is 0.854. The van der Waals surface area contributed by atoms with Crippen molar-refractivity contribution in [2.75, 3.05) is 0 Å². The van der Waals surface area contributed by atoms with Crippen molar-refractivity contribution in [1.82, 2.24) is 9.97 Å². The smallest absolute Gasteiger partial charge is 0.229 e. The molecule has 0 atom stereocenters. The molecule has 0 fully saturated rings. The second-order valence-corrected chi connectivity index (χ2v) is 1.52. The Morgan fingerprint density at radius 3 is 2.56 bits per heavy atom. The SMILES string of the molecule is OCc1cnc(O)cn1. The van der Waals surface area contributed by atoms with Crippen LogP contribution in [0.4, 0.5) is 0 Å². The summed E-state index contributed by atoms with van der Waals surface area (Å²) in [5.41, 5.74) is 0.452. The summed E-state index contributed by atoms with van der Waals surface area (Å²) in [5.74, 6) is -0.132. The fraction of sp³-hybridized carbons (Fsp3) is 0.200. The number of hydrogen-bond acceptors (Lipinski definition) is 4. The molecule has 0 saturated carbocycles. The van der Waals surface area contributed by atoms with Crippen LogP contribution in [0, 0.1) is 0 Å². The van der Waals surface area contributed by atoms with Gasteiger partial charge < -0.3 is 10.2 Å². The van der Waals surface area contributed by atoms with E-state index in [-0.39, 0.29) is 12.5 Å². The molecular formula is C5H6N2O2. The number of hydrogen-bond donors (Lipinski definition) is 2. The molecule has 0 aromatic carbocycles. The van der Waals surface area contributed by atoms with Crippen molar-refractivity contribution in [2.45, 2.75) is 6.61 Å². The van der Waals surface area contributed by atoms with Gasteiger partial charge in [-0.2, -0.15) is 0 Å². The fourth-order valence-electron chi connectivity index (χ4n) is 0.430. The van der Waals surface area contributed by atoms with Crippen LogP contribution in [0.3, 0.4) is 0 Å². The summed E-state index contributed by atoms with van der Waals surface area (Å²) in [4.78, 5) is 7.12. The van der Waals surface area contributed by atoms with Crippen LogP contribution in [0.25, 0.3) is 0 Å². The van der Waals surface area contributed by atoms with Crippen molar-refractivity contribution in [3.8, 4) is 5.88 Å². The highest BCUT2D eigenvalue weighted by Gasteiger charge is 1.90. The van der Waals surface area contributed by atoms with E-state index in [0.717, 1.165) is 0 Å². The molecule has 2 N–H and O–H groups in total. The first-order valence-corrected chi connectivity index (χ1v) is 2.43. The Morgan fingerprint density at radius 2 is 2.11 bits per heavy atom. The van der Waals surface area contributed by atoms with E-state index < -0.39 is 0 Å². The molecule has 1 rings (SSSR count). The fourth-order valence-corrected chi connectivity index (χ4v) is 0.430. The standard InChI is InChI=1S/C5H6N2O2/c8-3-4-1-7-5(9)2-6-4/h1-2,8H,3H2,(H,7,9). The number of aromatic hydroxyl groups is 1. The van der Waals surface area contributed by atoms with Gasteiger partial charge in [0.1, 0.15) is 0 Å². The normalized spacial score (nSPS) is 9.44. The Labute approximate surface area is 51.8 Å². The average molecular weight is 126 g/mol. The van der Waals surface area contributed by atoms with Crippen LogP contribution < -0.4 is 0 Å². The highest BCUT2D eigenvalue weighted by Crippen LogP contribution is 1.99. The maximum atomic E-state index is 8.60. The number of aliphatic hydroxyl groups is 1. The van der Waals surface area contributed by atoms with Crippen LogP contribution in [0.2, 0.25) is 0 Å². The first kappa shape index (κ1) is 5.97. The van der Waals surface area contributed by atoms with Crippen LogP contribution in [0.5, 0.6) is 5.88 Å². The lowest BCUT2D eigenvalue weighted by Gasteiger charge is -1.91. The monoisotopic (exact) mass is 126 g/mol. The van der Waals surface area contributed by atoms with Gasteiger partial charge in [0, 0.05) is 0 Å². The van der Waals surface area contributed by atoms with Crippen molar-refractivity contribution in [3.05, 3.63) is 18.1 Å². The molecule has 1 aromatic rings. The molecule has 4 nitrogen and oxygen atoms in total. The molecule has 0 saturated heterocycles. The molecule has 48 valence electrons. The lowest BCUT2D eigenvalue weighted by Crippen LogP contribution is -1.88. The summed E-state index contributed by atoms with van der Waals surface area (Å²) in [6.45, 7) is -0.146. The first-order chi connectivity index (χ1) is 4.33. The molecule has 0 bridgehead atoms. The molecule has 0 radical (unpaired) electrons. The number of rotatable bonds is 1. The maximum absolute atomic E-state index is 8.60. The summed E-state index contributed by atoms with van der Waals surface area (Å²) >= 11 is 0. The van der Waals surface area contributed by atoms with Gasteiger partial charge >= 0.3 is 0 Å². The molecule has 9 heavy (non-hydrogen) atoms. The van der Waals surface area contributed by atoms with E-state index in [9.17, 15) is 0 Å². The highest BCUT2D eigenvalue weighted by molar-refractivity contribution is 5.03. The Balaban J connectivity index is 2.88. The van der Waals surface area contributed by atoms with E-state index in [1.807, 2.05) is 0 Å². The highest BCUT2D eigenvalue weighted by atomic mass is 16.3. The third-order valence-electron chi connectivity index (χ3n) is 0.854. The van der Waals surface area contributed by atoms with Crippen molar-refractivity contribution >= 4 is 0 Å². The second-order valence-electron chi connectivity index (χ2n) is 1.52. The van der Waals surface area contributed by atoms with Gasteiger partial charge in [-0.05, 0) is 0 Å². The lowest BCUT2D eigenvalue weighted by molar-refractivity contribution is 0.275. The lowest BCUT2D eigenvalue weighted by atomic mass is 10.5. The van der Waals surface area contributed by atoms with Gasteiger partial charge in [-0.25, -0.2) is 4.98 Å². The van der Waals surface area contributed by atoms with Crippen molar-refractivity contribution < 1.29 is 10.2 Å². The summed E-state index contributed by atoms with van der Waals surface area (Å²) in [7, 11) is 0. The van der Waals surface area contributed by atoms with E-state index >= 15 is 0 Å². The summed E-state index contributed by atoms with van der Waals surface area (Å²) in [5, 5.41) is 17.0. The predicted molar refractivity (Wildman–Crippen MR) is 29.6 cm³/mol. The topological polar surface area (TPSA) is 66.2 Å². The minimum atomic E-state index is -0.146. The minimum Gasteiger partial charge on any atom is -0.492 e. The van der Waals surface area contributed by atoms with Gasteiger partial charge in [0.25, 0.3) is 0 Å². The Kier molecular flexibility index (Phi) is 1.60. The maximum Gasteiger partial charge on any atom is 0.229 e. The molecule has 0 unspecified atom stereocenters. The van der Waals surface area contributed by atoms with Crippen LogP contribution in [0.1, 0.15) is 5.69 Å². The summed E-state index contributed by atoms with van der Waals surface area (Å²) in [6, 6.07) is 0. The largest absolute Gasteiger partial charge is 0.492 e.